The summed E-state index contributed by atoms with van der Waals surface area (Å²) in [5.41, 5.74) is -5.32. The molecule has 0 N–H and O–H groups in total. The van der Waals surface area contributed by atoms with Gasteiger partial charge in [-0.15, -0.1) is 0 Å². The normalized spacial score (nSPS) is 11.0. The summed E-state index contributed by atoms with van der Waals surface area (Å²) < 4.78 is 98.9. The zero-order valence-electron chi connectivity index (χ0n) is 13.1. The van der Waals surface area contributed by atoms with Crippen molar-refractivity contribution in [1.82, 2.24) is 0 Å². The van der Waals surface area contributed by atoms with Crippen LogP contribution in [0.3, 0.4) is 0 Å². The standard InChI is InChI=1S/C7H10F3O3PS.5CO.W/c1-3-5-6(4-2)14(5)13-15(11,12)7(8,9)10;5*1-2;/h3-4H2,1-2H3;;;;;;. The molecule has 0 aliphatic carbocycles. The molecule has 0 radical (unpaired) electrons. The maximum atomic E-state index is 12.0. The maximum absolute atomic E-state index is 12.0. The summed E-state index contributed by atoms with van der Waals surface area (Å²) in [6.07, 6.45) is 1.09. The Bertz CT molecular complexity index is 541. The molecule has 14 heteroatoms. The fourth-order valence-electron chi connectivity index (χ4n) is 1.15. The van der Waals surface area contributed by atoms with Crippen molar-refractivity contribution in [3.63, 3.8) is 0 Å². The summed E-state index contributed by atoms with van der Waals surface area (Å²) in [5.74, 6) is 0. The van der Waals surface area contributed by atoms with Gasteiger partial charge in [0.25, 0.3) is 0 Å². The number of hydrogen-bond donors (Lipinski definition) is 0. The molecule has 1 rings (SSSR count). The van der Waals surface area contributed by atoms with Crippen LogP contribution in [-0.4, -0.2) is 13.9 Å². The molecule has 0 aromatic heterocycles. The third-order valence-corrected chi connectivity index (χ3v) is 5.78. The van der Waals surface area contributed by atoms with Gasteiger partial charge in [0.15, 0.2) is 0 Å². The third-order valence-electron chi connectivity index (χ3n) is 1.90. The van der Waals surface area contributed by atoms with Gasteiger partial charge in [-0.1, -0.05) is 13.8 Å². The van der Waals surface area contributed by atoms with E-state index in [1.807, 2.05) is 0 Å². The van der Waals surface area contributed by atoms with E-state index in [1.54, 1.807) is 13.8 Å². The van der Waals surface area contributed by atoms with Crippen LogP contribution in [0.25, 0.3) is 0 Å². The fraction of sp³-hybridized carbons (Fsp3) is 0.417. The van der Waals surface area contributed by atoms with Crippen LogP contribution in [0.1, 0.15) is 26.7 Å². The van der Waals surface area contributed by atoms with E-state index in [0.717, 1.165) is 10.6 Å². The van der Waals surface area contributed by atoms with Crippen LogP contribution in [-0.2, 0) is 58.4 Å². The van der Waals surface area contributed by atoms with Gasteiger partial charge in [0.2, 0.25) is 0 Å². The van der Waals surface area contributed by atoms with Gasteiger partial charge in [-0.3, -0.25) is 0 Å². The first-order valence-electron chi connectivity index (χ1n) is 5.29. The second-order valence-electron chi connectivity index (χ2n) is 2.87. The number of alkyl halides is 3. The largest absolute Gasteiger partial charge is 0 e. The van der Waals surface area contributed by atoms with Crippen molar-refractivity contribution in [2.24, 2.45) is 0 Å². The van der Waals surface area contributed by atoms with E-state index >= 15 is 0 Å². The molecule has 0 atom stereocenters. The third kappa shape index (κ3) is 15.5. The van der Waals surface area contributed by atoms with Crippen molar-refractivity contribution in [2.75, 3.05) is 0 Å². The van der Waals surface area contributed by atoms with E-state index in [1.165, 1.54) is 0 Å². The summed E-state index contributed by atoms with van der Waals surface area (Å²) >= 11 is 0. The molecular formula is C12H10F3O8PSW. The van der Waals surface area contributed by atoms with Gasteiger partial charge in [0, 0.05) is 21.1 Å². The van der Waals surface area contributed by atoms with E-state index in [4.69, 9.17) is 23.3 Å². The zero-order valence-corrected chi connectivity index (χ0v) is 17.7. The monoisotopic (exact) mass is 586 g/mol. The molecule has 0 unspecified atom stereocenters. The first-order chi connectivity index (χ1) is 11.7. The Morgan fingerprint density at radius 1 is 0.846 bits per heavy atom. The number of halogens is 3. The summed E-state index contributed by atoms with van der Waals surface area (Å²) in [6.45, 7) is 26.0. The van der Waals surface area contributed by atoms with Crippen LogP contribution >= 0.6 is 8.15 Å². The van der Waals surface area contributed by atoms with Gasteiger partial charge < -0.3 is 0 Å². The molecule has 1 aliphatic rings. The first kappa shape index (κ1) is 40.1. The van der Waals surface area contributed by atoms with Crippen LogP contribution in [0.2, 0.25) is 0 Å². The Hall–Kier alpha value is -0.742. The smallest absolute Gasteiger partial charge is 0 e. The van der Waals surface area contributed by atoms with Crippen LogP contribution in [0.4, 0.5) is 13.2 Å². The first-order valence-corrected chi connectivity index (χ1v) is 7.96. The molecule has 0 amide bonds. The van der Waals surface area contributed by atoms with E-state index < -0.39 is 23.8 Å². The Morgan fingerprint density at radius 2 is 1.08 bits per heavy atom. The SMILES string of the molecule is CCC1=C(CC)P1OS(=O)(=O)C(F)(F)F.[C-]#[O+].[C-]#[O+].[C-]#[O+].[C-]#[O+].[C-]#[O+].[W]. The summed E-state index contributed by atoms with van der Waals surface area (Å²) in [4.78, 5) is 0. The van der Waals surface area contributed by atoms with Crippen LogP contribution in [0, 0.1) is 33.3 Å². The Kier molecular flexibility index (Phi) is 37.4. The Labute approximate surface area is 164 Å². The molecule has 26 heavy (non-hydrogen) atoms. The van der Waals surface area contributed by atoms with Gasteiger partial charge in [-0.05, 0) is 23.5 Å². The average Bonchev–Trinajstić information content (AvgIpc) is 3.33. The van der Waals surface area contributed by atoms with Crippen LogP contribution in [0.5, 0.6) is 0 Å². The van der Waals surface area contributed by atoms with Crippen LogP contribution < -0.4 is 0 Å². The number of hydrogen-bond acceptors (Lipinski definition) is 3. The summed E-state index contributed by atoms with van der Waals surface area (Å²) in [7, 11) is -7.04. The molecule has 0 saturated heterocycles. The van der Waals surface area contributed by atoms with Crippen molar-refractivity contribution < 1.29 is 69.9 Å². The molecule has 0 spiro atoms. The molecule has 8 nitrogen and oxygen atoms in total. The predicted octanol–water partition coefficient (Wildman–Crippen LogP) is 3.10. The number of rotatable bonds is 4. The Morgan fingerprint density at radius 3 is 1.23 bits per heavy atom. The molecule has 0 aromatic carbocycles. The molecule has 0 bridgehead atoms. The fourth-order valence-corrected chi connectivity index (χ4v) is 4.44. The minimum Gasteiger partial charge on any atom is 0 e. The minimum absolute atomic E-state index is 0. The molecular weight excluding hydrogens is 576 g/mol. The number of allylic oxidation sites excluding steroid dienone is 2. The predicted molar refractivity (Wildman–Crippen MR) is 70.2 cm³/mol. The quantitative estimate of drug-likeness (QED) is 0.216. The van der Waals surface area contributed by atoms with Gasteiger partial charge >= 0.3 is 72.1 Å². The maximum Gasteiger partial charge on any atom is 0 e. The zero-order chi connectivity index (χ0) is 21.9. The summed E-state index contributed by atoms with van der Waals surface area (Å²) in [5, 5.41) is 1.45. The second-order valence-corrected chi connectivity index (χ2v) is 6.51. The van der Waals surface area contributed by atoms with Crippen molar-refractivity contribution in [3.8, 4) is 0 Å². The van der Waals surface area contributed by atoms with Gasteiger partial charge in [-0.25, -0.2) is 3.97 Å². The van der Waals surface area contributed by atoms with E-state index in [2.05, 4.69) is 37.2 Å². The minimum atomic E-state index is -5.43. The van der Waals surface area contributed by atoms with E-state index in [0.29, 0.717) is 12.8 Å². The molecule has 0 saturated carbocycles. The molecule has 0 aromatic rings. The van der Waals surface area contributed by atoms with Gasteiger partial charge in [-0.2, -0.15) is 21.6 Å². The second kappa shape index (κ2) is 24.3. The van der Waals surface area contributed by atoms with Crippen molar-refractivity contribution in [1.29, 1.82) is 0 Å². The van der Waals surface area contributed by atoms with Crippen molar-refractivity contribution in [3.05, 3.63) is 43.9 Å². The topological polar surface area (TPSA) is 143 Å². The van der Waals surface area contributed by atoms with Crippen molar-refractivity contribution in [2.45, 2.75) is 32.2 Å². The summed E-state index contributed by atoms with van der Waals surface area (Å²) in [6, 6.07) is 0. The average molecular weight is 586 g/mol. The Balaban J connectivity index is -0.0000000786. The molecule has 144 valence electrons. The van der Waals surface area contributed by atoms with Gasteiger partial charge in [0.05, 0.1) is 0 Å². The molecule has 1 aliphatic heterocycles. The van der Waals surface area contributed by atoms with Crippen molar-refractivity contribution >= 4 is 18.3 Å². The van der Waals surface area contributed by atoms with Gasteiger partial charge in [0.1, 0.15) is 8.15 Å². The van der Waals surface area contributed by atoms with Crippen LogP contribution in [0.15, 0.2) is 10.6 Å². The molecule has 1 heterocycles. The molecule has 0 fully saturated rings. The van der Waals surface area contributed by atoms with E-state index in [9.17, 15) is 21.6 Å². The van der Waals surface area contributed by atoms with E-state index in [-0.39, 0.29) is 21.1 Å².